The number of benzene rings is 3. The molecule has 1 atom stereocenters. The summed E-state index contributed by atoms with van der Waals surface area (Å²) in [5.41, 5.74) is 1.06. The first kappa shape index (κ1) is 29.1. The summed E-state index contributed by atoms with van der Waals surface area (Å²) >= 11 is 3.48. The standard InChI is InChI=1S/C30H30BrN5O6/c1-30(2,3)41-29(39)34-27(33-28(37)38)36-13-5-8-24(36)26-32-25(35-42-26)21-10-9-20-16-23(12-11-19(20)15-21)40-17-18-6-4-7-22(31)14-18/h4,6-7,9-12,14-16,24H,5,8,13,17H2,1-3H3,(H,37,38)(H,33,34,39)/t24-/m0/s1. The molecule has 11 nitrogen and oxygen atoms in total. The zero-order valence-electron chi connectivity index (χ0n) is 23.3. The number of nitrogens with zero attached hydrogens (tertiary/aromatic N) is 4. The molecule has 5 rings (SSSR count). The van der Waals surface area contributed by atoms with E-state index in [-0.39, 0.29) is 5.96 Å². The highest BCUT2D eigenvalue weighted by Gasteiger charge is 2.35. The number of rotatable bonds is 5. The summed E-state index contributed by atoms with van der Waals surface area (Å²) in [7, 11) is 0. The lowest BCUT2D eigenvalue weighted by molar-refractivity contribution is 0.0555. The molecule has 0 bridgehead atoms. The van der Waals surface area contributed by atoms with Crippen LogP contribution in [0.2, 0.25) is 0 Å². The summed E-state index contributed by atoms with van der Waals surface area (Å²) in [6.45, 7) is 6.03. The molecule has 1 aromatic heterocycles. The predicted molar refractivity (Wildman–Crippen MR) is 159 cm³/mol. The largest absolute Gasteiger partial charge is 0.489 e. The van der Waals surface area contributed by atoms with E-state index in [0.717, 1.165) is 32.1 Å². The number of aliphatic imine (C=N–C) groups is 1. The van der Waals surface area contributed by atoms with Gasteiger partial charge in [0, 0.05) is 16.6 Å². The van der Waals surface area contributed by atoms with Crippen molar-refractivity contribution in [1.82, 2.24) is 20.4 Å². The summed E-state index contributed by atoms with van der Waals surface area (Å²) in [5.74, 6) is 1.30. The van der Waals surface area contributed by atoms with Crippen molar-refractivity contribution >= 4 is 44.8 Å². The van der Waals surface area contributed by atoms with E-state index >= 15 is 0 Å². The van der Waals surface area contributed by atoms with Gasteiger partial charge in [-0.1, -0.05) is 51.4 Å². The van der Waals surface area contributed by atoms with Crippen molar-refractivity contribution in [2.24, 2.45) is 4.99 Å². The molecule has 1 aliphatic rings. The second kappa shape index (κ2) is 12.2. The number of guanidine groups is 1. The minimum absolute atomic E-state index is 0.150. The minimum atomic E-state index is -1.45. The molecular formula is C30H30BrN5O6. The number of carbonyl (C=O) groups excluding carboxylic acids is 1. The Bertz CT molecular complexity index is 1650. The molecule has 0 unspecified atom stereocenters. The Morgan fingerprint density at radius 2 is 1.93 bits per heavy atom. The van der Waals surface area contributed by atoms with Gasteiger partial charge in [-0.15, -0.1) is 4.99 Å². The summed E-state index contributed by atoms with van der Waals surface area (Å²) < 4.78 is 17.9. The Labute approximate surface area is 250 Å². The number of hydrogen-bond donors (Lipinski definition) is 2. The number of fused-ring (bicyclic) bond motifs is 1. The van der Waals surface area contributed by atoms with Gasteiger partial charge in [0.25, 0.3) is 0 Å². The van der Waals surface area contributed by atoms with Gasteiger partial charge in [-0.05, 0) is 80.3 Å². The summed E-state index contributed by atoms with van der Waals surface area (Å²) in [4.78, 5) is 33.7. The van der Waals surface area contributed by atoms with Crippen LogP contribution in [0.3, 0.4) is 0 Å². The van der Waals surface area contributed by atoms with Crippen LogP contribution in [0.15, 0.2) is 74.7 Å². The minimum Gasteiger partial charge on any atom is -0.489 e. The van der Waals surface area contributed by atoms with E-state index in [2.05, 4.69) is 36.4 Å². The summed E-state index contributed by atoms with van der Waals surface area (Å²) in [6, 6.07) is 19.2. The third kappa shape index (κ3) is 7.24. The van der Waals surface area contributed by atoms with E-state index in [1.165, 1.54) is 0 Å². The summed E-state index contributed by atoms with van der Waals surface area (Å²) in [6.07, 6.45) is -0.941. The van der Waals surface area contributed by atoms with Crippen LogP contribution in [0.5, 0.6) is 5.75 Å². The number of hydrogen-bond acceptors (Lipinski definition) is 7. The van der Waals surface area contributed by atoms with Crippen LogP contribution >= 0.6 is 15.9 Å². The number of halogens is 1. The van der Waals surface area contributed by atoms with Gasteiger partial charge in [-0.2, -0.15) is 4.98 Å². The van der Waals surface area contributed by atoms with Crippen LogP contribution in [0.4, 0.5) is 9.59 Å². The molecule has 218 valence electrons. The quantitative estimate of drug-likeness (QED) is 0.176. The zero-order valence-corrected chi connectivity index (χ0v) is 24.9. The Morgan fingerprint density at radius 1 is 1.14 bits per heavy atom. The van der Waals surface area contributed by atoms with E-state index in [1.807, 2.05) is 60.7 Å². The van der Waals surface area contributed by atoms with Gasteiger partial charge in [0.15, 0.2) is 0 Å². The van der Waals surface area contributed by atoms with Gasteiger partial charge in [-0.25, -0.2) is 9.59 Å². The van der Waals surface area contributed by atoms with Crippen LogP contribution in [0.25, 0.3) is 22.2 Å². The third-order valence-electron chi connectivity index (χ3n) is 6.43. The average molecular weight is 637 g/mol. The predicted octanol–water partition coefficient (Wildman–Crippen LogP) is 6.93. The third-order valence-corrected chi connectivity index (χ3v) is 6.92. The maximum absolute atomic E-state index is 12.4. The van der Waals surface area contributed by atoms with Crippen molar-refractivity contribution in [2.45, 2.75) is 51.9 Å². The van der Waals surface area contributed by atoms with Gasteiger partial charge in [-0.3, -0.25) is 5.32 Å². The molecule has 0 spiro atoms. The van der Waals surface area contributed by atoms with E-state index < -0.39 is 23.8 Å². The molecule has 42 heavy (non-hydrogen) atoms. The highest BCUT2D eigenvalue weighted by Crippen LogP contribution is 2.33. The van der Waals surface area contributed by atoms with Gasteiger partial charge in [0.05, 0.1) is 0 Å². The zero-order chi connectivity index (χ0) is 29.9. The molecule has 0 aliphatic carbocycles. The smallest absolute Gasteiger partial charge is 0.434 e. The second-order valence-corrected chi connectivity index (χ2v) is 11.7. The Balaban J connectivity index is 1.31. The molecule has 2 heterocycles. The maximum atomic E-state index is 12.4. The van der Waals surface area contributed by atoms with E-state index in [4.69, 9.17) is 14.0 Å². The monoisotopic (exact) mass is 635 g/mol. The molecule has 2 amide bonds. The van der Waals surface area contributed by atoms with Crippen LogP contribution in [0.1, 0.15) is 51.1 Å². The topological polar surface area (TPSA) is 139 Å². The van der Waals surface area contributed by atoms with E-state index in [9.17, 15) is 14.7 Å². The van der Waals surface area contributed by atoms with Crippen molar-refractivity contribution in [3.63, 3.8) is 0 Å². The number of aromatic nitrogens is 2. The van der Waals surface area contributed by atoms with Crippen molar-refractivity contribution in [3.8, 4) is 17.1 Å². The fourth-order valence-electron chi connectivity index (χ4n) is 4.66. The molecule has 0 radical (unpaired) electrons. The van der Waals surface area contributed by atoms with Crippen LogP contribution in [-0.4, -0.2) is 50.4 Å². The SMILES string of the molecule is CC(C)(C)OC(=O)N/C(=N/C(=O)O)N1CCC[C@H]1c1nc(-c2ccc3cc(OCc4cccc(Br)c4)ccc3c2)no1. The summed E-state index contributed by atoms with van der Waals surface area (Å²) in [5, 5.41) is 17.9. The van der Waals surface area contributed by atoms with Gasteiger partial charge < -0.3 is 24.0 Å². The Hall–Kier alpha value is -4.45. The lowest BCUT2D eigenvalue weighted by Crippen LogP contribution is -2.46. The van der Waals surface area contributed by atoms with Crippen molar-refractivity contribution in [2.75, 3.05) is 6.54 Å². The van der Waals surface area contributed by atoms with Crippen LogP contribution < -0.4 is 10.1 Å². The molecule has 3 aromatic carbocycles. The van der Waals surface area contributed by atoms with Crippen molar-refractivity contribution < 1.29 is 28.7 Å². The normalized spacial score (nSPS) is 15.6. The number of nitrogens with one attached hydrogen (secondary N) is 1. The first-order valence-corrected chi connectivity index (χ1v) is 14.2. The molecule has 0 saturated carbocycles. The van der Waals surface area contributed by atoms with Crippen molar-refractivity contribution in [1.29, 1.82) is 0 Å². The Kier molecular flexibility index (Phi) is 8.44. The second-order valence-electron chi connectivity index (χ2n) is 10.8. The molecule has 4 aromatic rings. The highest BCUT2D eigenvalue weighted by atomic mass is 79.9. The molecule has 1 fully saturated rings. The molecule has 1 saturated heterocycles. The number of carboxylic acid groups (broad SMARTS) is 1. The average Bonchev–Trinajstić information content (AvgIpc) is 3.60. The number of amides is 2. The molecule has 2 N–H and O–H groups in total. The van der Waals surface area contributed by atoms with Crippen molar-refractivity contribution in [3.05, 3.63) is 76.6 Å². The number of carbonyl (C=O) groups is 2. The van der Waals surface area contributed by atoms with Gasteiger partial charge in [0.2, 0.25) is 17.7 Å². The number of alkyl carbamates (subject to hydrolysis) is 1. The molecule has 1 aliphatic heterocycles. The molecular weight excluding hydrogens is 606 g/mol. The van der Waals surface area contributed by atoms with Gasteiger partial charge in [0.1, 0.15) is 24.0 Å². The fourth-order valence-corrected chi connectivity index (χ4v) is 5.11. The van der Waals surface area contributed by atoms with Crippen LogP contribution in [0, 0.1) is 0 Å². The first-order chi connectivity index (χ1) is 20.0. The Morgan fingerprint density at radius 3 is 2.69 bits per heavy atom. The molecule has 12 heteroatoms. The van der Waals surface area contributed by atoms with E-state index in [0.29, 0.717) is 37.7 Å². The number of likely N-dealkylation sites (tertiary alicyclic amines) is 1. The lowest BCUT2D eigenvalue weighted by atomic mass is 10.1. The van der Waals surface area contributed by atoms with Crippen LogP contribution in [-0.2, 0) is 11.3 Å². The van der Waals surface area contributed by atoms with E-state index in [1.54, 1.807) is 25.7 Å². The fraction of sp³-hybridized carbons (Fsp3) is 0.300. The maximum Gasteiger partial charge on any atom is 0.434 e. The lowest BCUT2D eigenvalue weighted by Gasteiger charge is -2.26. The van der Waals surface area contributed by atoms with Gasteiger partial charge >= 0.3 is 12.2 Å². The highest BCUT2D eigenvalue weighted by molar-refractivity contribution is 9.10. The first-order valence-electron chi connectivity index (χ1n) is 13.4. The number of ether oxygens (including phenoxy) is 2.